The monoisotopic (exact) mass is 306 g/mol. The van der Waals surface area contributed by atoms with Crippen LogP contribution in [0.1, 0.15) is 18.5 Å². The molecule has 21 heavy (non-hydrogen) atoms. The van der Waals surface area contributed by atoms with E-state index in [1.807, 2.05) is 19.1 Å². The van der Waals surface area contributed by atoms with Gasteiger partial charge in [-0.05, 0) is 36.8 Å². The van der Waals surface area contributed by atoms with Crippen molar-refractivity contribution in [2.45, 2.75) is 13.0 Å². The highest BCUT2D eigenvalue weighted by atomic mass is 35.5. The summed E-state index contributed by atoms with van der Waals surface area (Å²) in [6.45, 7) is 1.92. The molecule has 110 valence electrons. The average molecular weight is 307 g/mol. The van der Waals surface area contributed by atoms with Gasteiger partial charge in [0.15, 0.2) is 5.75 Å². The second-order valence-corrected chi connectivity index (χ2v) is 4.97. The fraction of sp³-hybridized carbons (Fsp3) is 0.200. The lowest BCUT2D eigenvalue weighted by atomic mass is 10.1. The van der Waals surface area contributed by atoms with Gasteiger partial charge in [-0.3, -0.25) is 10.1 Å². The van der Waals surface area contributed by atoms with Crippen molar-refractivity contribution >= 4 is 23.0 Å². The van der Waals surface area contributed by atoms with Crippen LogP contribution in [0.25, 0.3) is 0 Å². The highest BCUT2D eigenvalue weighted by molar-refractivity contribution is 6.30. The molecular weight excluding hydrogens is 292 g/mol. The molecule has 0 aliphatic carbocycles. The van der Waals surface area contributed by atoms with E-state index in [1.165, 1.54) is 7.11 Å². The number of hydrogen-bond donors (Lipinski definition) is 1. The number of hydrogen-bond acceptors (Lipinski definition) is 4. The van der Waals surface area contributed by atoms with Crippen LogP contribution in [0.15, 0.2) is 42.5 Å². The van der Waals surface area contributed by atoms with Gasteiger partial charge in [0.05, 0.1) is 12.0 Å². The Morgan fingerprint density at radius 2 is 1.90 bits per heavy atom. The van der Waals surface area contributed by atoms with E-state index in [2.05, 4.69) is 5.32 Å². The summed E-state index contributed by atoms with van der Waals surface area (Å²) in [7, 11) is 1.41. The first-order valence-corrected chi connectivity index (χ1v) is 6.74. The molecule has 0 bridgehead atoms. The Bertz CT molecular complexity index is 644. The van der Waals surface area contributed by atoms with Crippen molar-refractivity contribution in [1.29, 1.82) is 0 Å². The molecule has 0 fully saturated rings. The van der Waals surface area contributed by atoms with E-state index >= 15 is 0 Å². The molecule has 0 saturated carbocycles. The first-order chi connectivity index (χ1) is 10.0. The van der Waals surface area contributed by atoms with E-state index in [0.717, 1.165) is 5.56 Å². The minimum Gasteiger partial charge on any atom is -0.490 e. The molecule has 0 heterocycles. The number of para-hydroxylation sites is 1. The fourth-order valence-electron chi connectivity index (χ4n) is 2.06. The summed E-state index contributed by atoms with van der Waals surface area (Å²) in [5.74, 6) is 0.230. The van der Waals surface area contributed by atoms with Gasteiger partial charge < -0.3 is 10.1 Å². The predicted molar refractivity (Wildman–Crippen MR) is 83.1 cm³/mol. The zero-order chi connectivity index (χ0) is 15.4. The maximum Gasteiger partial charge on any atom is 0.333 e. The number of nitrogens with one attached hydrogen (secondary N) is 1. The molecule has 5 nitrogen and oxygen atoms in total. The Morgan fingerprint density at radius 3 is 2.48 bits per heavy atom. The molecular formula is C15H15ClN2O3. The number of ether oxygens (including phenoxy) is 1. The van der Waals surface area contributed by atoms with Crippen molar-refractivity contribution in [3.63, 3.8) is 0 Å². The van der Waals surface area contributed by atoms with E-state index < -0.39 is 4.92 Å². The Balaban J connectivity index is 2.30. The number of nitro benzene ring substituents is 1. The summed E-state index contributed by atoms with van der Waals surface area (Å²) in [5, 5.41) is 15.0. The van der Waals surface area contributed by atoms with Crippen LogP contribution < -0.4 is 10.1 Å². The molecule has 0 radical (unpaired) electrons. The number of rotatable bonds is 5. The van der Waals surface area contributed by atoms with Crippen LogP contribution in [-0.2, 0) is 0 Å². The largest absolute Gasteiger partial charge is 0.490 e. The molecule has 6 heteroatoms. The number of anilines is 1. The third-order valence-electron chi connectivity index (χ3n) is 3.14. The van der Waals surface area contributed by atoms with Crippen molar-refractivity contribution in [3.8, 4) is 5.75 Å². The zero-order valence-corrected chi connectivity index (χ0v) is 12.4. The smallest absolute Gasteiger partial charge is 0.333 e. The van der Waals surface area contributed by atoms with E-state index in [9.17, 15) is 10.1 Å². The summed E-state index contributed by atoms with van der Waals surface area (Å²) in [6.07, 6.45) is 0. The van der Waals surface area contributed by atoms with Crippen LogP contribution in [0, 0.1) is 10.1 Å². The van der Waals surface area contributed by atoms with Gasteiger partial charge in [-0.1, -0.05) is 29.8 Å². The van der Waals surface area contributed by atoms with Crippen LogP contribution in [0.4, 0.5) is 11.4 Å². The summed E-state index contributed by atoms with van der Waals surface area (Å²) in [6, 6.07) is 12.2. The minimum atomic E-state index is -0.449. The third-order valence-corrected chi connectivity index (χ3v) is 3.40. The van der Waals surface area contributed by atoms with Crippen molar-refractivity contribution < 1.29 is 9.66 Å². The Hall–Kier alpha value is -2.27. The molecule has 0 aromatic heterocycles. The van der Waals surface area contributed by atoms with Gasteiger partial charge in [-0.2, -0.15) is 0 Å². The van der Waals surface area contributed by atoms with Crippen molar-refractivity contribution in [1.82, 2.24) is 0 Å². The SMILES string of the molecule is COc1cccc(NC(C)c2ccc(Cl)cc2)c1[N+](=O)[O-]. The lowest BCUT2D eigenvalue weighted by Gasteiger charge is -2.16. The molecule has 0 aliphatic heterocycles. The topological polar surface area (TPSA) is 64.4 Å². The summed E-state index contributed by atoms with van der Waals surface area (Å²) in [5.41, 5.74) is 1.33. The second-order valence-electron chi connectivity index (χ2n) is 4.53. The van der Waals surface area contributed by atoms with Gasteiger partial charge in [0.25, 0.3) is 0 Å². The maximum atomic E-state index is 11.2. The Kier molecular flexibility index (Phi) is 4.65. The van der Waals surface area contributed by atoms with Crippen LogP contribution in [0.3, 0.4) is 0 Å². The van der Waals surface area contributed by atoms with Crippen molar-refractivity contribution in [2.75, 3.05) is 12.4 Å². The van der Waals surface area contributed by atoms with Crippen molar-refractivity contribution in [3.05, 3.63) is 63.2 Å². The molecule has 2 aromatic carbocycles. The van der Waals surface area contributed by atoms with Gasteiger partial charge in [0.2, 0.25) is 0 Å². The van der Waals surface area contributed by atoms with Crippen LogP contribution in [0.5, 0.6) is 5.75 Å². The standard InChI is InChI=1S/C15H15ClN2O3/c1-10(11-6-8-12(16)9-7-11)17-13-4-3-5-14(21-2)15(13)18(19)20/h3-10,17H,1-2H3. The molecule has 1 N–H and O–H groups in total. The molecule has 0 spiro atoms. The summed E-state index contributed by atoms with van der Waals surface area (Å²) in [4.78, 5) is 10.8. The summed E-state index contributed by atoms with van der Waals surface area (Å²) < 4.78 is 5.05. The quantitative estimate of drug-likeness (QED) is 0.655. The van der Waals surface area contributed by atoms with Gasteiger partial charge in [-0.25, -0.2) is 0 Å². The molecule has 0 amide bonds. The molecule has 2 rings (SSSR count). The van der Waals surface area contributed by atoms with E-state index in [-0.39, 0.29) is 17.5 Å². The molecule has 0 aliphatic rings. The summed E-state index contributed by atoms with van der Waals surface area (Å²) >= 11 is 5.86. The third kappa shape index (κ3) is 3.44. The first kappa shape index (κ1) is 15.1. The van der Waals surface area contributed by atoms with Crippen LogP contribution in [-0.4, -0.2) is 12.0 Å². The highest BCUT2D eigenvalue weighted by Crippen LogP contribution is 2.36. The Morgan fingerprint density at radius 1 is 1.24 bits per heavy atom. The minimum absolute atomic E-state index is 0.0687. The molecule has 0 saturated heterocycles. The second kappa shape index (κ2) is 6.45. The number of nitro groups is 1. The Labute approximate surface area is 127 Å². The average Bonchev–Trinajstić information content (AvgIpc) is 2.47. The number of halogens is 1. The highest BCUT2D eigenvalue weighted by Gasteiger charge is 2.21. The number of benzene rings is 2. The van der Waals surface area contributed by atoms with E-state index in [1.54, 1.807) is 30.3 Å². The van der Waals surface area contributed by atoms with E-state index in [0.29, 0.717) is 10.7 Å². The first-order valence-electron chi connectivity index (χ1n) is 6.36. The van der Waals surface area contributed by atoms with Gasteiger partial charge in [0.1, 0.15) is 5.69 Å². The number of nitrogens with zero attached hydrogens (tertiary/aromatic N) is 1. The lowest BCUT2D eigenvalue weighted by molar-refractivity contribution is -0.384. The molecule has 1 atom stereocenters. The van der Waals surface area contributed by atoms with E-state index in [4.69, 9.17) is 16.3 Å². The lowest BCUT2D eigenvalue weighted by Crippen LogP contribution is -2.08. The van der Waals surface area contributed by atoms with Gasteiger partial charge >= 0.3 is 5.69 Å². The van der Waals surface area contributed by atoms with Crippen LogP contribution >= 0.6 is 11.6 Å². The maximum absolute atomic E-state index is 11.2. The zero-order valence-electron chi connectivity index (χ0n) is 11.7. The normalized spacial score (nSPS) is 11.8. The molecule has 1 unspecified atom stereocenters. The van der Waals surface area contributed by atoms with Gasteiger partial charge in [-0.15, -0.1) is 0 Å². The number of methoxy groups -OCH3 is 1. The van der Waals surface area contributed by atoms with Crippen molar-refractivity contribution in [2.24, 2.45) is 0 Å². The van der Waals surface area contributed by atoms with Crippen LogP contribution in [0.2, 0.25) is 5.02 Å². The predicted octanol–water partition coefficient (Wildman–Crippen LogP) is 4.43. The van der Waals surface area contributed by atoms with Gasteiger partial charge in [0, 0.05) is 11.1 Å². The fourth-order valence-corrected chi connectivity index (χ4v) is 2.19. The molecule has 2 aromatic rings.